The second-order valence-electron chi connectivity index (χ2n) is 6.94. The maximum atomic E-state index is 12.0. The third kappa shape index (κ3) is 3.62. The predicted molar refractivity (Wildman–Crippen MR) is 77.7 cm³/mol. The standard InChI is InChI=1S/C17H22O6/c18-14-10-3-1-5-12-9-13(17(21)23-16(12)20)6-2-4-11(8-7-10)15(19)22-14/h10-13H,1-9H2. The van der Waals surface area contributed by atoms with E-state index in [4.69, 9.17) is 9.47 Å². The van der Waals surface area contributed by atoms with Crippen LogP contribution in [-0.4, -0.2) is 23.9 Å². The lowest BCUT2D eigenvalue weighted by Gasteiger charge is -2.26. The zero-order valence-electron chi connectivity index (χ0n) is 13.1. The quantitative estimate of drug-likeness (QED) is 0.501. The van der Waals surface area contributed by atoms with Gasteiger partial charge in [-0.2, -0.15) is 0 Å². The van der Waals surface area contributed by atoms with Crippen LogP contribution in [0.3, 0.4) is 0 Å². The van der Waals surface area contributed by atoms with Crippen LogP contribution in [0.1, 0.15) is 57.8 Å². The van der Waals surface area contributed by atoms with E-state index in [1.54, 1.807) is 0 Å². The SMILES string of the molecule is O=C1OC(=O)C2CCCC3CC(CCCC1CC2)C(=O)OC3=O. The van der Waals surface area contributed by atoms with Gasteiger partial charge in [-0.05, 0) is 44.9 Å². The van der Waals surface area contributed by atoms with Crippen LogP contribution in [0.25, 0.3) is 0 Å². The Hall–Kier alpha value is -1.72. The summed E-state index contributed by atoms with van der Waals surface area (Å²) < 4.78 is 9.87. The van der Waals surface area contributed by atoms with Crippen LogP contribution in [0.2, 0.25) is 0 Å². The van der Waals surface area contributed by atoms with Crippen LogP contribution < -0.4 is 0 Å². The predicted octanol–water partition coefficient (Wildman–Crippen LogP) is 2.14. The summed E-state index contributed by atoms with van der Waals surface area (Å²) in [7, 11) is 0. The highest BCUT2D eigenvalue weighted by atomic mass is 16.6. The first-order valence-corrected chi connectivity index (χ1v) is 8.55. The van der Waals surface area contributed by atoms with Crippen LogP contribution in [0.4, 0.5) is 0 Å². The molecule has 2 heterocycles. The second-order valence-corrected chi connectivity index (χ2v) is 6.94. The molecule has 6 nitrogen and oxygen atoms in total. The Kier molecular flexibility index (Phi) is 4.78. The molecular formula is C17H22O6. The molecule has 3 rings (SSSR count). The van der Waals surface area contributed by atoms with E-state index in [2.05, 4.69) is 0 Å². The van der Waals surface area contributed by atoms with E-state index in [1.165, 1.54) is 0 Å². The van der Waals surface area contributed by atoms with E-state index >= 15 is 0 Å². The van der Waals surface area contributed by atoms with E-state index in [0.29, 0.717) is 57.8 Å². The maximum Gasteiger partial charge on any atom is 0.316 e. The highest BCUT2D eigenvalue weighted by Gasteiger charge is 2.38. The number of esters is 4. The van der Waals surface area contributed by atoms with E-state index in [-0.39, 0.29) is 23.7 Å². The molecule has 0 aromatic rings. The van der Waals surface area contributed by atoms with Crippen molar-refractivity contribution in [3.8, 4) is 0 Å². The summed E-state index contributed by atoms with van der Waals surface area (Å²) in [5, 5.41) is 0. The van der Waals surface area contributed by atoms with Gasteiger partial charge in [0.1, 0.15) is 0 Å². The van der Waals surface area contributed by atoms with Gasteiger partial charge in [0.15, 0.2) is 0 Å². The molecule has 1 saturated carbocycles. The number of rotatable bonds is 0. The molecule has 2 aliphatic heterocycles. The topological polar surface area (TPSA) is 86.7 Å². The molecule has 3 fully saturated rings. The third-order valence-corrected chi connectivity index (χ3v) is 5.38. The summed E-state index contributed by atoms with van der Waals surface area (Å²) >= 11 is 0. The molecule has 0 radical (unpaired) electrons. The Morgan fingerprint density at radius 1 is 0.522 bits per heavy atom. The van der Waals surface area contributed by atoms with E-state index in [1.807, 2.05) is 0 Å². The summed E-state index contributed by atoms with van der Waals surface area (Å²) in [6, 6.07) is 0. The number of hydrogen-bond donors (Lipinski definition) is 0. The van der Waals surface area contributed by atoms with Gasteiger partial charge >= 0.3 is 23.9 Å². The van der Waals surface area contributed by atoms with Crippen molar-refractivity contribution >= 4 is 23.9 Å². The molecule has 2 saturated heterocycles. The Balaban J connectivity index is 1.75. The number of carbonyl (C=O) groups is 4. The van der Waals surface area contributed by atoms with Gasteiger partial charge in [-0.15, -0.1) is 0 Å². The molecule has 3 aliphatic rings. The Bertz CT molecular complexity index is 477. The summed E-state index contributed by atoms with van der Waals surface area (Å²) in [5.74, 6) is -2.74. The number of carbonyl (C=O) groups excluding carboxylic acids is 4. The average molecular weight is 322 g/mol. The molecular weight excluding hydrogens is 300 g/mol. The summed E-state index contributed by atoms with van der Waals surface area (Å²) in [6.07, 6.45) is 5.69. The summed E-state index contributed by atoms with van der Waals surface area (Å²) in [6.45, 7) is 0. The summed E-state index contributed by atoms with van der Waals surface area (Å²) in [5.41, 5.74) is 0. The van der Waals surface area contributed by atoms with Gasteiger partial charge in [0, 0.05) is 0 Å². The number of ether oxygens (including phenoxy) is 2. The Morgan fingerprint density at radius 3 is 1.30 bits per heavy atom. The highest BCUT2D eigenvalue weighted by Crippen LogP contribution is 2.34. The number of hydrogen-bond acceptors (Lipinski definition) is 6. The smallest absolute Gasteiger partial charge is 0.316 e. The zero-order chi connectivity index (χ0) is 16.4. The van der Waals surface area contributed by atoms with Crippen molar-refractivity contribution in [2.75, 3.05) is 0 Å². The Morgan fingerprint density at radius 2 is 0.870 bits per heavy atom. The lowest BCUT2D eigenvalue weighted by atomic mass is 9.84. The number of fused-ring (bicyclic) bond motifs is 5. The zero-order valence-corrected chi connectivity index (χ0v) is 13.1. The van der Waals surface area contributed by atoms with Gasteiger partial charge in [0.05, 0.1) is 23.7 Å². The van der Waals surface area contributed by atoms with Crippen LogP contribution in [0.5, 0.6) is 0 Å². The van der Waals surface area contributed by atoms with Crippen molar-refractivity contribution in [3.63, 3.8) is 0 Å². The van der Waals surface area contributed by atoms with Crippen molar-refractivity contribution in [3.05, 3.63) is 0 Å². The lowest BCUT2D eigenvalue weighted by molar-refractivity contribution is -0.172. The van der Waals surface area contributed by atoms with Gasteiger partial charge in [-0.25, -0.2) is 0 Å². The minimum absolute atomic E-state index is 0.254. The number of cyclic esters (lactones) is 4. The fraction of sp³-hybridized carbons (Fsp3) is 0.765. The fourth-order valence-electron chi connectivity index (χ4n) is 3.92. The molecule has 4 bridgehead atoms. The molecule has 126 valence electrons. The van der Waals surface area contributed by atoms with Crippen molar-refractivity contribution < 1.29 is 28.7 Å². The fourth-order valence-corrected chi connectivity index (χ4v) is 3.92. The maximum absolute atomic E-state index is 12.0. The van der Waals surface area contributed by atoms with Crippen molar-refractivity contribution in [2.45, 2.75) is 57.8 Å². The second kappa shape index (κ2) is 6.81. The van der Waals surface area contributed by atoms with Crippen LogP contribution in [-0.2, 0) is 28.7 Å². The van der Waals surface area contributed by atoms with E-state index < -0.39 is 23.9 Å². The molecule has 4 atom stereocenters. The summed E-state index contributed by atoms with van der Waals surface area (Å²) in [4.78, 5) is 47.7. The van der Waals surface area contributed by atoms with Gasteiger partial charge < -0.3 is 9.47 Å². The Labute approximate surface area is 134 Å². The van der Waals surface area contributed by atoms with Gasteiger partial charge in [0.25, 0.3) is 0 Å². The van der Waals surface area contributed by atoms with Crippen molar-refractivity contribution in [2.24, 2.45) is 23.7 Å². The molecule has 0 amide bonds. The van der Waals surface area contributed by atoms with Crippen LogP contribution in [0.15, 0.2) is 0 Å². The third-order valence-electron chi connectivity index (χ3n) is 5.38. The highest BCUT2D eigenvalue weighted by molar-refractivity contribution is 5.91. The van der Waals surface area contributed by atoms with E-state index in [9.17, 15) is 19.2 Å². The van der Waals surface area contributed by atoms with Gasteiger partial charge in [-0.1, -0.05) is 12.8 Å². The lowest BCUT2D eigenvalue weighted by Crippen LogP contribution is -2.35. The molecule has 0 N–H and O–H groups in total. The average Bonchev–Trinajstić information content (AvgIpc) is 2.62. The molecule has 0 aromatic carbocycles. The first kappa shape index (κ1) is 16.1. The van der Waals surface area contributed by atoms with Crippen LogP contribution >= 0.6 is 0 Å². The monoisotopic (exact) mass is 322 g/mol. The first-order chi connectivity index (χ1) is 11.0. The van der Waals surface area contributed by atoms with Gasteiger partial charge in [0.2, 0.25) is 0 Å². The van der Waals surface area contributed by atoms with Gasteiger partial charge in [-0.3, -0.25) is 19.2 Å². The van der Waals surface area contributed by atoms with E-state index in [0.717, 1.165) is 0 Å². The first-order valence-electron chi connectivity index (χ1n) is 8.55. The molecule has 4 unspecified atom stereocenters. The molecule has 6 heteroatoms. The molecule has 1 aliphatic carbocycles. The molecule has 0 aromatic heterocycles. The minimum atomic E-state index is -0.430. The van der Waals surface area contributed by atoms with Crippen molar-refractivity contribution in [1.82, 2.24) is 0 Å². The molecule has 23 heavy (non-hydrogen) atoms. The largest absolute Gasteiger partial charge is 0.393 e. The minimum Gasteiger partial charge on any atom is -0.393 e. The normalized spacial score (nSPS) is 36.2. The molecule has 0 spiro atoms. The van der Waals surface area contributed by atoms with Crippen molar-refractivity contribution in [1.29, 1.82) is 0 Å². The van der Waals surface area contributed by atoms with Crippen LogP contribution in [0, 0.1) is 23.7 Å².